The molecule has 0 spiro atoms. The van der Waals surface area contributed by atoms with E-state index in [1.807, 2.05) is 20.8 Å². The van der Waals surface area contributed by atoms with Crippen LogP contribution in [0.2, 0.25) is 0 Å². The smallest absolute Gasteiger partial charge is 0.407 e. The summed E-state index contributed by atoms with van der Waals surface area (Å²) in [5.41, 5.74) is -0.476. The summed E-state index contributed by atoms with van der Waals surface area (Å²) >= 11 is 0. The maximum atomic E-state index is 14.0. The minimum Gasteiger partial charge on any atom is -0.465 e. The van der Waals surface area contributed by atoms with Gasteiger partial charge in [0.05, 0.1) is 6.61 Å². The quantitative estimate of drug-likeness (QED) is 0.769. The highest BCUT2D eigenvalue weighted by molar-refractivity contribution is 5.78. The molecule has 1 fully saturated rings. The summed E-state index contributed by atoms with van der Waals surface area (Å²) in [7, 11) is 0. The van der Waals surface area contributed by atoms with E-state index in [-0.39, 0.29) is 26.0 Å². The molecule has 0 bridgehead atoms. The number of carbonyl (C=O) groups is 2. The average molecular weight is 337 g/mol. The van der Waals surface area contributed by atoms with Gasteiger partial charge in [0, 0.05) is 12.6 Å². The van der Waals surface area contributed by atoms with Crippen molar-refractivity contribution >= 4 is 12.1 Å². The number of aliphatic hydroxyl groups is 1. The molecule has 0 aliphatic carbocycles. The third-order valence-corrected chi connectivity index (χ3v) is 4.25. The molecule has 0 saturated carbocycles. The Morgan fingerprint density at radius 2 is 1.91 bits per heavy atom. The summed E-state index contributed by atoms with van der Waals surface area (Å²) < 4.78 is 32.3. The van der Waals surface area contributed by atoms with E-state index >= 15 is 0 Å². The number of likely N-dealkylation sites (tertiary alicyclic amines) is 1. The third-order valence-electron chi connectivity index (χ3n) is 4.25. The number of alkyl halides is 2. The van der Waals surface area contributed by atoms with Crippen molar-refractivity contribution in [1.82, 2.24) is 4.90 Å². The van der Waals surface area contributed by atoms with Crippen molar-refractivity contribution in [1.29, 1.82) is 0 Å². The van der Waals surface area contributed by atoms with Crippen LogP contribution in [0.1, 0.15) is 40.5 Å². The molecule has 1 aliphatic rings. The van der Waals surface area contributed by atoms with Crippen molar-refractivity contribution in [2.75, 3.05) is 13.2 Å². The predicted molar refractivity (Wildman–Crippen MR) is 78.3 cm³/mol. The van der Waals surface area contributed by atoms with Gasteiger partial charge < -0.3 is 19.8 Å². The lowest BCUT2D eigenvalue weighted by Gasteiger charge is -2.46. The van der Waals surface area contributed by atoms with E-state index in [0.29, 0.717) is 0 Å². The molecule has 0 aromatic heterocycles. The van der Waals surface area contributed by atoms with Crippen molar-refractivity contribution in [2.45, 2.75) is 58.6 Å². The first-order valence-electron chi connectivity index (χ1n) is 7.65. The number of hydrogen-bond donors (Lipinski definition) is 2. The first kappa shape index (κ1) is 19.6. The second kappa shape index (κ2) is 6.98. The number of hydrogen-bond acceptors (Lipinski definition) is 4. The van der Waals surface area contributed by atoms with E-state index in [4.69, 9.17) is 0 Å². The number of rotatable bonds is 4. The lowest BCUT2D eigenvalue weighted by molar-refractivity contribution is -0.197. The zero-order valence-electron chi connectivity index (χ0n) is 13.9. The molecule has 8 heteroatoms. The molecule has 134 valence electrons. The fourth-order valence-electron chi connectivity index (χ4n) is 2.97. The van der Waals surface area contributed by atoms with Gasteiger partial charge in [-0.3, -0.25) is 0 Å². The van der Waals surface area contributed by atoms with Crippen molar-refractivity contribution in [2.24, 2.45) is 11.3 Å². The van der Waals surface area contributed by atoms with E-state index in [0.717, 1.165) is 0 Å². The van der Waals surface area contributed by atoms with Gasteiger partial charge in [0.25, 0.3) is 0 Å². The van der Waals surface area contributed by atoms with Crippen LogP contribution in [0.5, 0.6) is 0 Å². The molecule has 1 amide bonds. The molecule has 2 N–H and O–H groups in total. The highest BCUT2D eigenvalue weighted by atomic mass is 19.3. The lowest BCUT2D eigenvalue weighted by Crippen LogP contribution is -2.56. The molecule has 1 saturated heterocycles. The third kappa shape index (κ3) is 4.31. The van der Waals surface area contributed by atoms with Gasteiger partial charge in [0.15, 0.2) is 0 Å². The van der Waals surface area contributed by atoms with Crippen LogP contribution in [0.4, 0.5) is 13.6 Å². The molecule has 23 heavy (non-hydrogen) atoms. The Bertz CT molecular complexity index is 450. The number of carboxylic acid groups (broad SMARTS) is 1. The van der Waals surface area contributed by atoms with E-state index < -0.39 is 41.5 Å². The summed E-state index contributed by atoms with van der Waals surface area (Å²) in [5, 5.41) is 19.2. The van der Waals surface area contributed by atoms with E-state index in [9.17, 15) is 28.6 Å². The normalized spacial score (nSPS) is 24.2. The lowest BCUT2D eigenvalue weighted by atomic mass is 9.74. The second-order valence-electron chi connectivity index (χ2n) is 6.93. The van der Waals surface area contributed by atoms with Crippen LogP contribution >= 0.6 is 0 Å². The Balaban J connectivity index is 2.94. The molecule has 3 atom stereocenters. The number of piperidine rings is 1. The number of carbonyl (C=O) groups excluding carboxylic acids is 1. The Morgan fingerprint density at radius 3 is 2.35 bits per heavy atom. The summed E-state index contributed by atoms with van der Waals surface area (Å²) in [6.07, 6.45) is -3.18. The molecule has 1 aliphatic heterocycles. The summed E-state index contributed by atoms with van der Waals surface area (Å²) in [6.45, 7) is 6.67. The maximum Gasteiger partial charge on any atom is 0.407 e. The van der Waals surface area contributed by atoms with Gasteiger partial charge in [-0.1, -0.05) is 20.8 Å². The van der Waals surface area contributed by atoms with Crippen LogP contribution in [0, 0.1) is 11.3 Å². The highest BCUT2D eigenvalue weighted by Gasteiger charge is 2.53. The van der Waals surface area contributed by atoms with Gasteiger partial charge in [-0.2, -0.15) is 8.78 Å². The molecule has 1 rings (SSSR count). The molecule has 3 unspecified atom stereocenters. The molecule has 0 radical (unpaired) electrons. The predicted octanol–water partition coefficient (Wildman–Crippen LogP) is 2.35. The molecule has 6 nitrogen and oxygen atoms in total. The number of nitrogens with zero attached hydrogens (tertiary/aromatic N) is 1. The van der Waals surface area contributed by atoms with Crippen molar-refractivity contribution in [3.05, 3.63) is 0 Å². The van der Waals surface area contributed by atoms with Crippen LogP contribution in [-0.2, 0) is 9.53 Å². The topological polar surface area (TPSA) is 87.1 Å². The second-order valence-corrected chi connectivity index (χ2v) is 6.93. The summed E-state index contributed by atoms with van der Waals surface area (Å²) in [5.74, 6) is -6.64. The molecule has 1 heterocycles. The van der Waals surface area contributed by atoms with Crippen LogP contribution in [-0.4, -0.2) is 58.4 Å². The Morgan fingerprint density at radius 1 is 1.35 bits per heavy atom. The minimum absolute atomic E-state index is 0.0396. The highest BCUT2D eigenvalue weighted by Crippen LogP contribution is 2.39. The average Bonchev–Trinajstić information content (AvgIpc) is 2.44. The van der Waals surface area contributed by atoms with Gasteiger partial charge in [-0.15, -0.1) is 0 Å². The molecule has 0 aromatic carbocycles. The summed E-state index contributed by atoms with van der Waals surface area (Å²) in [6, 6.07) is -0.522. The van der Waals surface area contributed by atoms with Gasteiger partial charge in [-0.05, 0) is 31.1 Å². The van der Waals surface area contributed by atoms with Crippen LogP contribution in [0.25, 0.3) is 0 Å². The maximum absolute atomic E-state index is 14.0. The first-order chi connectivity index (χ1) is 10.4. The van der Waals surface area contributed by atoms with Crippen LogP contribution in [0.3, 0.4) is 0 Å². The fraction of sp³-hybridized carbons (Fsp3) is 0.867. The molecule has 0 aromatic rings. The van der Waals surface area contributed by atoms with Crippen molar-refractivity contribution in [3.8, 4) is 0 Å². The standard InChI is InChI=1S/C15H25F2NO5/c1-5-23-12(20)15(16,17)11(19)9-6-7-18(13(21)22)10(8-9)14(2,3)4/h9-11,19H,5-8H2,1-4H3,(H,21,22). The minimum atomic E-state index is -4.01. The number of esters is 1. The van der Waals surface area contributed by atoms with Crippen LogP contribution < -0.4 is 0 Å². The molecular formula is C15H25F2NO5. The van der Waals surface area contributed by atoms with Gasteiger partial charge in [0.1, 0.15) is 6.10 Å². The van der Waals surface area contributed by atoms with E-state index in [2.05, 4.69) is 4.74 Å². The van der Waals surface area contributed by atoms with E-state index in [1.54, 1.807) is 0 Å². The zero-order valence-corrected chi connectivity index (χ0v) is 13.9. The van der Waals surface area contributed by atoms with Gasteiger partial charge >= 0.3 is 18.0 Å². The number of ether oxygens (including phenoxy) is 1. The van der Waals surface area contributed by atoms with Gasteiger partial charge in [-0.25, -0.2) is 9.59 Å². The fourth-order valence-corrected chi connectivity index (χ4v) is 2.97. The Kier molecular flexibility index (Phi) is 5.95. The Hall–Kier alpha value is -1.44. The van der Waals surface area contributed by atoms with Gasteiger partial charge in [0.2, 0.25) is 0 Å². The Labute approximate surface area is 134 Å². The number of halogens is 2. The zero-order chi connectivity index (χ0) is 18.0. The number of aliphatic hydroxyl groups excluding tert-OH is 1. The first-order valence-corrected chi connectivity index (χ1v) is 7.65. The number of amides is 1. The van der Waals surface area contributed by atoms with E-state index in [1.165, 1.54) is 11.8 Å². The van der Waals surface area contributed by atoms with Crippen LogP contribution in [0.15, 0.2) is 0 Å². The summed E-state index contributed by atoms with van der Waals surface area (Å²) in [4.78, 5) is 23.9. The monoisotopic (exact) mass is 337 g/mol. The van der Waals surface area contributed by atoms with Crippen molar-refractivity contribution < 1.29 is 33.3 Å². The SMILES string of the molecule is CCOC(=O)C(F)(F)C(O)C1CCN(C(=O)O)C(C(C)(C)C)C1. The largest absolute Gasteiger partial charge is 0.465 e. The molecular weight excluding hydrogens is 312 g/mol. The van der Waals surface area contributed by atoms with Crippen molar-refractivity contribution in [3.63, 3.8) is 0 Å².